The minimum Gasteiger partial charge on any atom is -0.472 e. The van der Waals surface area contributed by atoms with Crippen molar-refractivity contribution in [3.63, 3.8) is 0 Å². The number of hydrogen-bond donors (Lipinski definition) is 1. The van der Waals surface area contributed by atoms with Gasteiger partial charge in [0.05, 0.1) is 24.8 Å². The quantitative estimate of drug-likeness (QED) is 0.683. The number of ether oxygens (including phenoxy) is 1. The molecule has 0 fully saturated rings. The Labute approximate surface area is 201 Å². The summed E-state index contributed by atoms with van der Waals surface area (Å²) in [6.45, 7) is 8.23. The minimum atomic E-state index is -0.425. The highest BCUT2D eigenvalue weighted by Crippen LogP contribution is 2.27. The Morgan fingerprint density at radius 3 is 2.76 bits per heavy atom. The van der Waals surface area contributed by atoms with Crippen molar-refractivity contribution in [1.29, 1.82) is 0 Å². The highest BCUT2D eigenvalue weighted by atomic mass is 16.5. The molecule has 0 saturated heterocycles. The Bertz CT molecular complexity index is 1080. The van der Waals surface area contributed by atoms with Gasteiger partial charge >= 0.3 is 0 Å². The predicted molar refractivity (Wildman–Crippen MR) is 128 cm³/mol. The molecule has 0 aliphatic carbocycles. The van der Waals surface area contributed by atoms with Crippen LogP contribution in [0.25, 0.3) is 0 Å². The largest absolute Gasteiger partial charge is 0.472 e. The van der Waals surface area contributed by atoms with Crippen LogP contribution in [0.3, 0.4) is 0 Å². The number of pyridine rings is 2. The van der Waals surface area contributed by atoms with E-state index in [4.69, 9.17) is 4.74 Å². The molecule has 0 radical (unpaired) electrons. The summed E-state index contributed by atoms with van der Waals surface area (Å²) in [5.74, 6) is 5.95. The molecule has 0 unspecified atom stereocenters. The summed E-state index contributed by atoms with van der Waals surface area (Å²) in [5.41, 5.74) is 1.41. The van der Waals surface area contributed by atoms with Gasteiger partial charge in [0, 0.05) is 49.6 Å². The smallest absolute Gasteiger partial charge is 0.259 e. The number of carbonyl (C=O) groups excluding carboxylic acids is 2. The molecule has 180 valence electrons. The van der Waals surface area contributed by atoms with Crippen LogP contribution in [0.15, 0.2) is 36.8 Å². The fourth-order valence-electron chi connectivity index (χ4n) is 3.68. The second kappa shape index (κ2) is 11.1. The number of aliphatic hydroxyl groups is 1. The number of nitrogens with zero attached hydrogens (tertiary/aromatic N) is 4. The molecule has 8 nitrogen and oxygen atoms in total. The van der Waals surface area contributed by atoms with Crippen molar-refractivity contribution >= 4 is 11.8 Å². The first-order valence-corrected chi connectivity index (χ1v) is 11.5. The average Bonchev–Trinajstić information content (AvgIpc) is 2.84. The molecule has 34 heavy (non-hydrogen) atoms. The van der Waals surface area contributed by atoms with Crippen molar-refractivity contribution in [1.82, 2.24) is 19.8 Å². The number of aliphatic hydroxyl groups excluding tert-OH is 1. The molecule has 1 aliphatic heterocycles. The third-order valence-electron chi connectivity index (χ3n) is 5.74. The highest BCUT2D eigenvalue weighted by Gasteiger charge is 2.34. The Hall–Kier alpha value is -3.44. The zero-order valence-corrected chi connectivity index (χ0v) is 20.4. The number of hydrogen-bond acceptors (Lipinski definition) is 6. The van der Waals surface area contributed by atoms with E-state index < -0.39 is 6.10 Å². The first-order valence-electron chi connectivity index (χ1n) is 11.5. The van der Waals surface area contributed by atoms with Gasteiger partial charge < -0.3 is 19.6 Å². The lowest BCUT2D eigenvalue weighted by atomic mass is 9.99. The van der Waals surface area contributed by atoms with E-state index in [9.17, 15) is 14.7 Å². The second-order valence-corrected chi connectivity index (χ2v) is 9.05. The molecule has 3 rings (SSSR count). The van der Waals surface area contributed by atoms with E-state index in [1.165, 1.54) is 6.20 Å². The SMILES string of the molecule is CC(C)C#Cc1cnc2c(c1)C(=O)N([C@@H](C)CO)C[C@@H](C)[C@H](CN(C)C(=O)c1cccnc1)O2. The lowest BCUT2D eigenvalue weighted by Gasteiger charge is -2.37. The number of likely N-dealkylation sites (N-methyl/N-ethyl adjacent to an activating group) is 1. The van der Waals surface area contributed by atoms with Gasteiger partial charge in [0.15, 0.2) is 0 Å². The molecule has 2 amide bonds. The van der Waals surface area contributed by atoms with E-state index in [0.717, 1.165) is 0 Å². The van der Waals surface area contributed by atoms with Crippen LogP contribution < -0.4 is 4.74 Å². The van der Waals surface area contributed by atoms with Crippen LogP contribution >= 0.6 is 0 Å². The van der Waals surface area contributed by atoms with Crippen molar-refractivity contribution in [2.24, 2.45) is 11.8 Å². The molecule has 0 saturated carbocycles. The van der Waals surface area contributed by atoms with Crippen LogP contribution in [0.5, 0.6) is 5.88 Å². The van der Waals surface area contributed by atoms with Crippen LogP contribution in [0.2, 0.25) is 0 Å². The first kappa shape index (κ1) is 25.2. The third-order valence-corrected chi connectivity index (χ3v) is 5.74. The van der Waals surface area contributed by atoms with Crippen molar-refractivity contribution in [3.05, 3.63) is 53.5 Å². The molecule has 8 heteroatoms. The molecule has 1 N–H and O–H groups in total. The van der Waals surface area contributed by atoms with E-state index in [1.54, 1.807) is 54.4 Å². The van der Waals surface area contributed by atoms with Crippen molar-refractivity contribution in [2.75, 3.05) is 26.7 Å². The van der Waals surface area contributed by atoms with Crippen molar-refractivity contribution < 1.29 is 19.4 Å². The monoisotopic (exact) mass is 464 g/mol. The number of amides is 2. The molecule has 3 atom stereocenters. The zero-order chi connectivity index (χ0) is 24.8. The average molecular weight is 465 g/mol. The van der Waals surface area contributed by atoms with Gasteiger partial charge in [0.1, 0.15) is 11.7 Å². The number of aromatic nitrogens is 2. The maximum Gasteiger partial charge on any atom is 0.259 e. The Balaban J connectivity index is 1.95. The van der Waals surface area contributed by atoms with Crippen LogP contribution in [0, 0.1) is 23.7 Å². The molecule has 1 aliphatic rings. The summed E-state index contributed by atoms with van der Waals surface area (Å²) in [5, 5.41) is 9.79. The van der Waals surface area contributed by atoms with Gasteiger partial charge in [-0.1, -0.05) is 32.6 Å². The summed E-state index contributed by atoms with van der Waals surface area (Å²) in [7, 11) is 1.71. The van der Waals surface area contributed by atoms with Gasteiger partial charge in [-0.05, 0) is 25.1 Å². The Morgan fingerprint density at radius 2 is 2.12 bits per heavy atom. The molecule has 2 aromatic rings. The Morgan fingerprint density at radius 1 is 1.35 bits per heavy atom. The number of fused-ring (bicyclic) bond motifs is 1. The highest BCUT2D eigenvalue weighted by molar-refractivity contribution is 5.97. The summed E-state index contributed by atoms with van der Waals surface area (Å²) >= 11 is 0. The molecule has 0 aromatic carbocycles. The van der Waals surface area contributed by atoms with E-state index in [2.05, 4.69) is 21.8 Å². The molecular formula is C26H32N4O4. The van der Waals surface area contributed by atoms with Crippen LogP contribution in [0.1, 0.15) is 54.0 Å². The summed E-state index contributed by atoms with van der Waals surface area (Å²) in [6.07, 6.45) is 4.31. The van der Waals surface area contributed by atoms with E-state index in [-0.39, 0.29) is 42.2 Å². The van der Waals surface area contributed by atoms with Gasteiger partial charge in [-0.25, -0.2) is 4.98 Å². The normalized spacial score (nSPS) is 18.7. The van der Waals surface area contributed by atoms with Gasteiger partial charge in [0.2, 0.25) is 5.88 Å². The van der Waals surface area contributed by atoms with E-state index >= 15 is 0 Å². The third kappa shape index (κ3) is 5.91. The first-order chi connectivity index (χ1) is 16.2. The van der Waals surface area contributed by atoms with Crippen molar-refractivity contribution in [3.8, 4) is 17.7 Å². The predicted octanol–water partition coefficient (Wildman–Crippen LogP) is 2.48. The molecule has 0 spiro atoms. The number of rotatable bonds is 5. The van der Waals surface area contributed by atoms with Gasteiger partial charge in [-0.3, -0.25) is 14.6 Å². The summed E-state index contributed by atoms with van der Waals surface area (Å²) < 4.78 is 6.24. The zero-order valence-electron chi connectivity index (χ0n) is 20.4. The van der Waals surface area contributed by atoms with E-state index in [0.29, 0.717) is 29.8 Å². The van der Waals surface area contributed by atoms with Crippen molar-refractivity contribution in [2.45, 2.75) is 39.8 Å². The molecule has 0 bridgehead atoms. The van der Waals surface area contributed by atoms with Gasteiger partial charge in [-0.2, -0.15) is 0 Å². The maximum absolute atomic E-state index is 13.4. The molecule has 2 aromatic heterocycles. The van der Waals surface area contributed by atoms with Gasteiger partial charge in [0.25, 0.3) is 11.8 Å². The lowest BCUT2D eigenvalue weighted by molar-refractivity contribution is 0.0313. The summed E-state index contributed by atoms with van der Waals surface area (Å²) in [4.78, 5) is 38.0. The van der Waals surface area contributed by atoms with Crippen LogP contribution in [0.4, 0.5) is 0 Å². The maximum atomic E-state index is 13.4. The number of carbonyl (C=O) groups is 2. The van der Waals surface area contributed by atoms with Gasteiger partial charge in [-0.15, -0.1) is 0 Å². The second-order valence-electron chi connectivity index (χ2n) is 9.05. The van der Waals surface area contributed by atoms with E-state index in [1.807, 2.05) is 20.8 Å². The summed E-state index contributed by atoms with van der Waals surface area (Å²) in [6, 6.07) is 4.74. The Kier molecular flexibility index (Phi) is 8.24. The molecular weight excluding hydrogens is 432 g/mol. The minimum absolute atomic E-state index is 0.127. The standard InChI is InChI=1S/C26H32N4O4/c1-17(2)8-9-20-11-22-24(28-12-20)34-23(18(3)14-30(26(22)33)19(4)16-31)15-29(5)25(32)21-7-6-10-27-13-21/h6-7,10-13,17-19,23,31H,14-16H2,1-5H3/t18-,19+,23+/m1/s1. The van der Waals surface area contributed by atoms with Crippen LogP contribution in [-0.4, -0.2) is 75.6 Å². The fraction of sp³-hybridized carbons (Fsp3) is 0.462. The fourth-order valence-corrected chi connectivity index (χ4v) is 3.68. The lowest BCUT2D eigenvalue weighted by Crippen LogP contribution is -2.50. The topological polar surface area (TPSA) is 95.9 Å². The van der Waals surface area contributed by atoms with Crippen LogP contribution in [-0.2, 0) is 0 Å². The molecule has 3 heterocycles.